The number of fused-ring (bicyclic) bond motifs is 1. The summed E-state index contributed by atoms with van der Waals surface area (Å²) in [5.74, 6) is 4.81. The van der Waals surface area contributed by atoms with Crippen LogP contribution in [-0.4, -0.2) is 29.2 Å². The predicted molar refractivity (Wildman–Crippen MR) is 104 cm³/mol. The lowest BCUT2D eigenvalue weighted by Gasteiger charge is -2.33. The maximum Gasteiger partial charge on any atom is 0.413 e. The minimum atomic E-state index is -4.39. The quantitative estimate of drug-likeness (QED) is 0.483. The number of hydrogen-bond donors (Lipinski definition) is 1. The van der Waals surface area contributed by atoms with Crippen molar-refractivity contribution in [3.05, 3.63) is 71.6 Å². The Morgan fingerprint density at radius 2 is 1.96 bits per heavy atom. The minimum absolute atomic E-state index is 0.170. The summed E-state index contributed by atoms with van der Waals surface area (Å²) >= 11 is 0. The van der Waals surface area contributed by atoms with Crippen molar-refractivity contribution in [2.45, 2.75) is 13.1 Å². The number of H-pyrrole nitrogens is 1. The number of hydrogen-bond acceptors (Lipinski definition) is 2. The minimum Gasteiger partial charge on any atom is -0.365 e. The first kappa shape index (κ1) is 18.2. The van der Waals surface area contributed by atoms with Gasteiger partial charge in [0.05, 0.1) is 17.8 Å². The second kappa shape index (κ2) is 7.08. The Labute approximate surface area is 160 Å². The van der Waals surface area contributed by atoms with E-state index in [1.807, 2.05) is 36.1 Å². The molecule has 142 valence electrons. The molecule has 0 amide bonds. The molecular weight excluding hydrogens is 363 g/mol. The van der Waals surface area contributed by atoms with E-state index in [-0.39, 0.29) is 13.1 Å². The average Bonchev–Trinajstić information content (AvgIpc) is 3.16. The van der Waals surface area contributed by atoms with Gasteiger partial charge in [0.25, 0.3) is 0 Å². The molecule has 0 aliphatic carbocycles. The molecule has 0 bridgehead atoms. The Morgan fingerprint density at radius 1 is 1.18 bits per heavy atom. The molecule has 1 aliphatic rings. The van der Waals surface area contributed by atoms with Gasteiger partial charge in [-0.2, -0.15) is 13.2 Å². The zero-order valence-electron chi connectivity index (χ0n) is 15.2. The molecule has 0 radical (unpaired) electrons. The number of benzene rings is 1. The van der Waals surface area contributed by atoms with Crippen LogP contribution >= 0.6 is 0 Å². The van der Waals surface area contributed by atoms with E-state index in [0.29, 0.717) is 5.56 Å². The molecule has 1 aromatic carbocycles. The van der Waals surface area contributed by atoms with Crippen molar-refractivity contribution in [1.82, 2.24) is 9.97 Å². The molecule has 3 heterocycles. The van der Waals surface area contributed by atoms with Gasteiger partial charge < -0.3 is 9.88 Å². The van der Waals surface area contributed by atoms with Gasteiger partial charge in [0.2, 0.25) is 0 Å². The summed E-state index contributed by atoms with van der Waals surface area (Å²) in [5.41, 5.74) is 2.72. The number of aromatic amines is 1. The molecule has 0 fully saturated rings. The van der Waals surface area contributed by atoms with E-state index < -0.39 is 17.7 Å². The van der Waals surface area contributed by atoms with Crippen molar-refractivity contribution in [3.8, 4) is 11.8 Å². The van der Waals surface area contributed by atoms with Crippen LogP contribution in [0, 0.1) is 24.7 Å². The number of alkyl halides is 3. The van der Waals surface area contributed by atoms with Crippen molar-refractivity contribution < 1.29 is 13.2 Å². The summed E-state index contributed by atoms with van der Waals surface area (Å²) in [6, 6.07) is 11.0. The highest BCUT2D eigenvalue weighted by molar-refractivity contribution is 5.84. The van der Waals surface area contributed by atoms with Crippen LogP contribution in [0.2, 0.25) is 0 Å². The van der Waals surface area contributed by atoms with Crippen molar-refractivity contribution >= 4 is 16.7 Å². The Balaban J connectivity index is 1.69. The van der Waals surface area contributed by atoms with Crippen LogP contribution in [0.1, 0.15) is 11.1 Å². The average molecular weight is 381 g/mol. The zero-order chi connectivity index (χ0) is 19.7. The molecule has 1 atom stereocenters. The zero-order valence-corrected chi connectivity index (χ0v) is 15.2. The van der Waals surface area contributed by atoms with Gasteiger partial charge in [0.1, 0.15) is 5.65 Å². The number of nitrogens with zero attached hydrogens (tertiary/aromatic N) is 2. The van der Waals surface area contributed by atoms with E-state index >= 15 is 0 Å². The van der Waals surface area contributed by atoms with Gasteiger partial charge in [-0.05, 0) is 30.7 Å². The second-order valence-electron chi connectivity index (χ2n) is 6.76. The summed E-state index contributed by atoms with van der Waals surface area (Å²) in [6.07, 6.45) is 0.372. The smallest absolute Gasteiger partial charge is 0.365 e. The first-order valence-electron chi connectivity index (χ1n) is 8.95. The highest BCUT2D eigenvalue weighted by Crippen LogP contribution is 2.36. The van der Waals surface area contributed by atoms with E-state index in [0.717, 1.165) is 22.3 Å². The predicted octanol–water partition coefficient (Wildman–Crippen LogP) is 4.85. The van der Waals surface area contributed by atoms with Crippen LogP contribution in [0.3, 0.4) is 0 Å². The molecule has 4 rings (SSSR count). The molecule has 6 heteroatoms. The highest BCUT2D eigenvalue weighted by Gasteiger charge is 2.40. The normalized spacial score (nSPS) is 17.2. The van der Waals surface area contributed by atoms with E-state index in [1.54, 1.807) is 24.5 Å². The summed E-state index contributed by atoms with van der Waals surface area (Å²) in [6.45, 7) is 2.31. The Kier molecular flexibility index (Phi) is 4.60. The van der Waals surface area contributed by atoms with Crippen molar-refractivity contribution in [1.29, 1.82) is 0 Å². The van der Waals surface area contributed by atoms with Crippen LogP contribution in [0.15, 0.2) is 60.4 Å². The van der Waals surface area contributed by atoms with Crippen LogP contribution in [0.4, 0.5) is 18.9 Å². The molecule has 0 spiro atoms. The summed E-state index contributed by atoms with van der Waals surface area (Å²) < 4.78 is 40.6. The molecule has 1 N–H and O–H groups in total. The first-order chi connectivity index (χ1) is 13.4. The van der Waals surface area contributed by atoms with Gasteiger partial charge in [0, 0.05) is 35.8 Å². The third kappa shape index (κ3) is 3.48. The fourth-order valence-corrected chi connectivity index (χ4v) is 3.52. The topological polar surface area (TPSA) is 31.9 Å². The molecule has 1 unspecified atom stereocenters. The van der Waals surface area contributed by atoms with Gasteiger partial charge in [-0.15, -0.1) is 0 Å². The SMILES string of the molecule is Cc1c(N2CC=C(C(F)(F)F)C(C#Cc3ccccc3)C2)cnc2[nH]ccc12. The maximum absolute atomic E-state index is 13.5. The Hall–Kier alpha value is -3.20. The van der Waals surface area contributed by atoms with E-state index in [4.69, 9.17) is 0 Å². The number of halogens is 3. The summed E-state index contributed by atoms with van der Waals surface area (Å²) in [5, 5.41) is 0.968. The first-order valence-corrected chi connectivity index (χ1v) is 8.95. The third-order valence-corrected chi connectivity index (χ3v) is 4.97. The molecular formula is C22H18F3N3. The number of aryl methyl sites for hydroxylation is 1. The molecule has 2 aromatic heterocycles. The second-order valence-corrected chi connectivity index (χ2v) is 6.76. The molecule has 28 heavy (non-hydrogen) atoms. The highest BCUT2D eigenvalue weighted by atomic mass is 19.4. The van der Waals surface area contributed by atoms with Gasteiger partial charge >= 0.3 is 6.18 Å². The lowest BCUT2D eigenvalue weighted by Crippen LogP contribution is -2.38. The van der Waals surface area contributed by atoms with Gasteiger partial charge in [-0.3, -0.25) is 0 Å². The fourth-order valence-electron chi connectivity index (χ4n) is 3.52. The molecule has 0 saturated carbocycles. The van der Waals surface area contributed by atoms with Gasteiger partial charge in [-0.25, -0.2) is 4.98 Å². The monoisotopic (exact) mass is 381 g/mol. The van der Waals surface area contributed by atoms with E-state index in [1.165, 1.54) is 6.08 Å². The van der Waals surface area contributed by atoms with Crippen molar-refractivity contribution in [2.24, 2.45) is 5.92 Å². The number of aromatic nitrogens is 2. The van der Waals surface area contributed by atoms with Crippen LogP contribution in [0.25, 0.3) is 11.0 Å². The summed E-state index contributed by atoms with van der Waals surface area (Å²) in [4.78, 5) is 9.35. The Bertz CT molecular complexity index is 1080. The van der Waals surface area contributed by atoms with E-state index in [9.17, 15) is 13.2 Å². The Morgan fingerprint density at radius 3 is 2.71 bits per heavy atom. The number of rotatable bonds is 1. The molecule has 0 saturated heterocycles. The molecule has 3 nitrogen and oxygen atoms in total. The van der Waals surface area contributed by atoms with Crippen LogP contribution < -0.4 is 4.90 Å². The van der Waals surface area contributed by atoms with E-state index in [2.05, 4.69) is 21.8 Å². The lowest BCUT2D eigenvalue weighted by atomic mass is 9.93. The van der Waals surface area contributed by atoms with Crippen molar-refractivity contribution in [3.63, 3.8) is 0 Å². The number of anilines is 1. The van der Waals surface area contributed by atoms with Crippen molar-refractivity contribution in [2.75, 3.05) is 18.0 Å². The number of pyridine rings is 1. The molecule has 1 aliphatic heterocycles. The lowest BCUT2D eigenvalue weighted by molar-refractivity contribution is -0.0973. The standard InChI is InChI=1S/C22H18F3N3/c1-15-18-9-11-26-21(18)27-13-20(15)28-12-10-19(22(23,24)25)17(14-28)8-7-16-5-3-2-4-6-16/h2-6,9-11,13,17H,12,14H2,1H3,(H,26,27). The maximum atomic E-state index is 13.5. The van der Waals surface area contributed by atoms with Gasteiger partial charge in [-0.1, -0.05) is 36.1 Å². The largest absolute Gasteiger partial charge is 0.413 e. The molecule has 3 aromatic rings. The number of nitrogens with one attached hydrogen (secondary N) is 1. The summed E-state index contributed by atoms with van der Waals surface area (Å²) in [7, 11) is 0. The van der Waals surface area contributed by atoms with Crippen LogP contribution in [0.5, 0.6) is 0 Å². The van der Waals surface area contributed by atoms with Gasteiger partial charge in [0.15, 0.2) is 0 Å². The fraction of sp³-hybridized carbons (Fsp3) is 0.227. The third-order valence-electron chi connectivity index (χ3n) is 4.97. The van der Waals surface area contributed by atoms with Crippen LogP contribution in [-0.2, 0) is 0 Å².